The highest BCUT2D eigenvalue weighted by atomic mass is 16.5. The number of nitrogens with one attached hydrogen (secondary N) is 1. The number of ether oxygens (including phenoxy) is 1. The smallest absolute Gasteiger partial charge is 0.168 e. The van der Waals surface area contributed by atoms with Crippen LogP contribution in [0.1, 0.15) is 41.6 Å². The second-order valence-electron chi connectivity index (χ2n) is 8.42. The van der Waals surface area contributed by atoms with Crippen LogP contribution >= 0.6 is 0 Å². The number of carbonyl (C=O) groups is 1. The van der Waals surface area contributed by atoms with E-state index in [9.17, 15) is 9.90 Å². The molecule has 1 aliphatic rings. The maximum atomic E-state index is 12.0. The van der Waals surface area contributed by atoms with Crippen molar-refractivity contribution in [3.05, 3.63) is 71.7 Å². The Kier molecular flexibility index (Phi) is 7.67. The van der Waals surface area contributed by atoms with Crippen molar-refractivity contribution < 1.29 is 14.6 Å². The average molecular weight is 459 g/mol. The van der Waals surface area contributed by atoms with E-state index in [1.165, 1.54) is 0 Å². The third kappa shape index (κ3) is 5.68. The van der Waals surface area contributed by atoms with Crippen molar-refractivity contribution in [3.8, 4) is 16.9 Å². The Morgan fingerprint density at radius 3 is 2.41 bits per heavy atom. The van der Waals surface area contributed by atoms with Gasteiger partial charge in [0.25, 0.3) is 0 Å². The minimum atomic E-state index is 0.243. The number of aromatic hydroxyl groups is 1. The zero-order valence-electron chi connectivity index (χ0n) is 19.6. The molecule has 0 unspecified atom stereocenters. The minimum absolute atomic E-state index is 0.243. The molecule has 0 saturated heterocycles. The minimum Gasteiger partial charge on any atom is -0.508 e. The molecule has 2 aromatic carbocycles. The van der Waals surface area contributed by atoms with E-state index in [2.05, 4.69) is 22.1 Å². The van der Waals surface area contributed by atoms with Gasteiger partial charge in [-0.05, 0) is 67.4 Å². The fraction of sp³-hybridized carbons (Fsp3) is 0.296. The van der Waals surface area contributed by atoms with E-state index in [0.717, 1.165) is 47.2 Å². The van der Waals surface area contributed by atoms with Crippen molar-refractivity contribution in [3.63, 3.8) is 0 Å². The van der Waals surface area contributed by atoms with Crippen LogP contribution in [-0.4, -0.2) is 53.1 Å². The monoisotopic (exact) mass is 458 g/mol. The lowest BCUT2D eigenvalue weighted by atomic mass is 10.1. The number of phenols is 1. The Labute approximate surface area is 200 Å². The predicted molar refractivity (Wildman–Crippen MR) is 134 cm³/mol. The number of carbonyl (C=O) groups excluding carboxylic acids is 1. The first-order chi connectivity index (χ1) is 16.6. The van der Waals surface area contributed by atoms with Gasteiger partial charge in [-0.25, -0.2) is 9.97 Å². The second kappa shape index (κ2) is 11.0. The molecular formula is C27H30N4O3. The summed E-state index contributed by atoms with van der Waals surface area (Å²) in [7, 11) is 2.03. The largest absolute Gasteiger partial charge is 0.508 e. The van der Waals surface area contributed by atoms with Gasteiger partial charge in [0.1, 0.15) is 17.3 Å². The van der Waals surface area contributed by atoms with E-state index in [1.54, 1.807) is 12.1 Å². The van der Waals surface area contributed by atoms with Gasteiger partial charge >= 0.3 is 0 Å². The van der Waals surface area contributed by atoms with Crippen LogP contribution in [0.5, 0.6) is 5.75 Å². The molecule has 34 heavy (non-hydrogen) atoms. The molecule has 7 heteroatoms. The van der Waals surface area contributed by atoms with Crippen LogP contribution < -0.4 is 5.32 Å². The van der Waals surface area contributed by atoms with Crippen molar-refractivity contribution in [1.29, 1.82) is 0 Å². The summed E-state index contributed by atoms with van der Waals surface area (Å²) in [5.41, 5.74) is 5.11. The third-order valence-corrected chi connectivity index (χ3v) is 5.78. The fourth-order valence-electron chi connectivity index (χ4n) is 4.00. The van der Waals surface area contributed by atoms with E-state index in [-0.39, 0.29) is 5.75 Å². The van der Waals surface area contributed by atoms with Gasteiger partial charge < -0.3 is 20.1 Å². The molecule has 0 amide bonds. The van der Waals surface area contributed by atoms with Crippen LogP contribution in [0.25, 0.3) is 16.7 Å². The van der Waals surface area contributed by atoms with Gasteiger partial charge in [-0.3, -0.25) is 4.79 Å². The number of hydrogen-bond acceptors (Lipinski definition) is 7. The Morgan fingerprint density at radius 2 is 1.79 bits per heavy atom. The van der Waals surface area contributed by atoms with Crippen LogP contribution in [0.2, 0.25) is 0 Å². The van der Waals surface area contributed by atoms with Crippen molar-refractivity contribution >= 4 is 23.4 Å². The summed E-state index contributed by atoms with van der Waals surface area (Å²) < 4.78 is 5.42. The first-order valence-electron chi connectivity index (χ1n) is 11.6. The lowest BCUT2D eigenvalue weighted by molar-refractivity contribution is 0.111. The molecule has 0 bridgehead atoms. The standard InChI is InChI=1S/C27H30N4O3/c1-3-14-31(2)17-24-25(18-32)29-26(21-12-15-34-16-13-21)30-27(24)28-22-8-4-19(5-9-22)20-6-10-23(33)11-7-20/h4-12,18,33H,3,13-17H2,1-2H3,(H,28,29,30). The number of benzene rings is 2. The molecule has 0 saturated carbocycles. The average Bonchev–Trinajstić information content (AvgIpc) is 2.86. The van der Waals surface area contributed by atoms with Crippen molar-refractivity contribution in [2.24, 2.45) is 0 Å². The molecule has 176 valence electrons. The van der Waals surface area contributed by atoms with Crippen molar-refractivity contribution in [2.75, 3.05) is 32.1 Å². The van der Waals surface area contributed by atoms with Gasteiger partial charge in [-0.15, -0.1) is 0 Å². The van der Waals surface area contributed by atoms with Gasteiger partial charge in [0.15, 0.2) is 12.1 Å². The second-order valence-corrected chi connectivity index (χ2v) is 8.42. The molecular weight excluding hydrogens is 428 g/mol. The van der Waals surface area contributed by atoms with Crippen LogP contribution in [0.4, 0.5) is 11.5 Å². The number of aldehydes is 1. The third-order valence-electron chi connectivity index (χ3n) is 5.78. The molecule has 7 nitrogen and oxygen atoms in total. The van der Waals surface area contributed by atoms with E-state index in [0.29, 0.717) is 43.5 Å². The van der Waals surface area contributed by atoms with E-state index < -0.39 is 0 Å². The Morgan fingerprint density at radius 1 is 1.09 bits per heavy atom. The maximum absolute atomic E-state index is 12.0. The Balaban J connectivity index is 1.68. The summed E-state index contributed by atoms with van der Waals surface area (Å²) in [6, 6.07) is 15.1. The van der Waals surface area contributed by atoms with E-state index in [1.807, 2.05) is 49.5 Å². The van der Waals surface area contributed by atoms with Gasteiger partial charge in [0.05, 0.1) is 13.2 Å². The Hall–Kier alpha value is -3.55. The molecule has 2 heterocycles. The number of rotatable bonds is 9. The first-order valence-corrected chi connectivity index (χ1v) is 11.6. The SMILES string of the molecule is CCCN(C)Cc1c(C=O)nc(C2=CCOCC2)nc1Nc1ccc(-c2ccc(O)cc2)cc1. The molecule has 1 aliphatic heterocycles. The van der Waals surface area contributed by atoms with Crippen LogP contribution in [0.15, 0.2) is 54.6 Å². The van der Waals surface area contributed by atoms with E-state index in [4.69, 9.17) is 9.72 Å². The number of anilines is 2. The summed E-state index contributed by atoms with van der Waals surface area (Å²) in [5.74, 6) is 1.45. The quantitative estimate of drug-likeness (QED) is 0.434. The van der Waals surface area contributed by atoms with Crippen molar-refractivity contribution in [2.45, 2.75) is 26.3 Å². The molecule has 0 atom stereocenters. The molecule has 0 fully saturated rings. The summed E-state index contributed by atoms with van der Waals surface area (Å²) >= 11 is 0. The number of nitrogens with zero attached hydrogens (tertiary/aromatic N) is 3. The molecule has 4 rings (SSSR count). The molecule has 0 aliphatic carbocycles. The summed E-state index contributed by atoms with van der Waals surface area (Å²) in [5, 5.41) is 13.0. The molecule has 3 aromatic rings. The van der Waals surface area contributed by atoms with Gasteiger partial charge in [0.2, 0.25) is 0 Å². The highest BCUT2D eigenvalue weighted by molar-refractivity contribution is 5.80. The highest BCUT2D eigenvalue weighted by Gasteiger charge is 2.19. The van der Waals surface area contributed by atoms with Crippen LogP contribution in [-0.2, 0) is 11.3 Å². The normalized spacial score (nSPS) is 13.6. The number of hydrogen-bond donors (Lipinski definition) is 2. The zero-order valence-corrected chi connectivity index (χ0v) is 19.6. The fourth-order valence-corrected chi connectivity index (χ4v) is 4.00. The first kappa shape index (κ1) is 23.6. The summed E-state index contributed by atoms with van der Waals surface area (Å²) in [4.78, 5) is 23.6. The van der Waals surface area contributed by atoms with Gasteiger partial charge in [-0.1, -0.05) is 37.3 Å². The lowest BCUT2D eigenvalue weighted by Crippen LogP contribution is -2.22. The molecule has 0 spiro atoms. The van der Waals surface area contributed by atoms with E-state index >= 15 is 0 Å². The van der Waals surface area contributed by atoms with Gasteiger partial charge in [-0.2, -0.15) is 0 Å². The highest BCUT2D eigenvalue weighted by Crippen LogP contribution is 2.28. The summed E-state index contributed by atoms with van der Waals surface area (Å²) in [6.07, 6.45) is 4.53. The Bertz CT molecular complexity index is 1160. The van der Waals surface area contributed by atoms with Gasteiger partial charge in [0, 0.05) is 17.8 Å². The van der Waals surface area contributed by atoms with Crippen LogP contribution in [0, 0.1) is 0 Å². The van der Waals surface area contributed by atoms with Crippen LogP contribution in [0.3, 0.4) is 0 Å². The topological polar surface area (TPSA) is 87.6 Å². The molecule has 2 N–H and O–H groups in total. The maximum Gasteiger partial charge on any atom is 0.168 e. The predicted octanol–water partition coefficient (Wildman–Crippen LogP) is 5.05. The molecule has 0 radical (unpaired) electrons. The zero-order chi connectivity index (χ0) is 23.9. The number of phenolic OH excluding ortho intramolecular Hbond substituents is 1. The summed E-state index contributed by atoms with van der Waals surface area (Å²) in [6.45, 7) is 4.75. The lowest BCUT2D eigenvalue weighted by Gasteiger charge is -2.21. The van der Waals surface area contributed by atoms with Crippen molar-refractivity contribution in [1.82, 2.24) is 14.9 Å². The molecule has 1 aromatic heterocycles. The number of aromatic nitrogens is 2.